The van der Waals surface area contributed by atoms with Crippen LogP contribution >= 0.6 is 0 Å². The molecule has 0 aromatic heterocycles. The molecule has 1 fully saturated rings. The fourth-order valence-corrected chi connectivity index (χ4v) is 4.20. The molecule has 138 valence electrons. The quantitative estimate of drug-likeness (QED) is 0.652. The molecule has 2 aromatic carbocycles. The average molecular weight is 350 g/mol. The lowest BCUT2D eigenvalue weighted by Crippen LogP contribution is -2.40. The number of rotatable bonds is 7. The molecule has 2 aromatic rings. The molecule has 1 saturated carbocycles. The Kier molecular flexibility index (Phi) is 6.49. The van der Waals surface area contributed by atoms with Crippen molar-refractivity contribution in [3.05, 3.63) is 71.8 Å². The highest BCUT2D eigenvalue weighted by Crippen LogP contribution is 2.35. The second-order valence-electron chi connectivity index (χ2n) is 7.84. The standard InChI is InChI=1S/C24H31NO/c1-19(17-20-11-5-3-6-12-20)25(2)24(26)23(18-21-13-9-10-14-21)22-15-7-4-8-16-22/h3-8,11-12,15-16,19,21,23H,9-10,13-14,17-18H2,1-2H3/t19?,23-/m1/s1. The van der Waals surface area contributed by atoms with Crippen molar-refractivity contribution in [3.63, 3.8) is 0 Å². The zero-order valence-electron chi connectivity index (χ0n) is 16.1. The summed E-state index contributed by atoms with van der Waals surface area (Å²) in [5.41, 5.74) is 2.45. The summed E-state index contributed by atoms with van der Waals surface area (Å²) in [6, 6.07) is 21.0. The second-order valence-corrected chi connectivity index (χ2v) is 7.84. The fraction of sp³-hybridized carbons (Fsp3) is 0.458. The molecule has 0 aliphatic heterocycles. The van der Waals surface area contributed by atoms with Crippen LogP contribution in [-0.2, 0) is 11.2 Å². The molecule has 0 saturated heterocycles. The molecule has 0 N–H and O–H groups in total. The van der Waals surface area contributed by atoms with Crippen molar-refractivity contribution in [2.45, 2.75) is 57.4 Å². The summed E-state index contributed by atoms with van der Waals surface area (Å²) < 4.78 is 0. The SMILES string of the molecule is CC(Cc1ccccc1)N(C)C(=O)[C@H](CC1CCCC1)c1ccccc1. The lowest BCUT2D eigenvalue weighted by molar-refractivity contribution is -0.133. The van der Waals surface area contributed by atoms with Gasteiger partial charge < -0.3 is 4.90 Å². The van der Waals surface area contributed by atoms with E-state index in [1.165, 1.54) is 36.8 Å². The molecule has 1 aliphatic rings. The third kappa shape index (κ3) is 4.75. The molecule has 0 bridgehead atoms. The maximum absolute atomic E-state index is 13.4. The van der Waals surface area contributed by atoms with E-state index in [0.717, 1.165) is 12.8 Å². The number of nitrogens with zero attached hydrogens (tertiary/aromatic N) is 1. The van der Waals surface area contributed by atoms with Gasteiger partial charge in [-0.25, -0.2) is 0 Å². The monoisotopic (exact) mass is 349 g/mol. The van der Waals surface area contributed by atoms with Crippen LogP contribution in [0.4, 0.5) is 0 Å². The van der Waals surface area contributed by atoms with Crippen LogP contribution < -0.4 is 0 Å². The van der Waals surface area contributed by atoms with Gasteiger partial charge in [-0.05, 0) is 36.8 Å². The summed E-state index contributed by atoms with van der Waals surface area (Å²) in [5.74, 6) is 0.955. The van der Waals surface area contributed by atoms with Crippen LogP contribution in [0.5, 0.6) is 0 Å². The molecular weight excluding hydrogens is 318 g/mol. The van der Waals surface area contributed by atoms with Crippen LogP contribution in [0, 0.1) is 5.92 Å². The van der Waals surface area contributed by atoms with Crippen molar-refractivity contribution in [1.29, 1.82) is 0 Å². The van der Waals surface area contributed by atoms with Crippen molar-refractivity contribution >= 4 is 5.91 Å². The third-order valence-corrected chi connectivity index (χ3v) is 5.93. The number of carbonyl (C=O) groups is 1. The van der Waals surface area contributed by atoms with E-state index in [9.17, 15) is 4.79 Å². The second kappa shape index (κ2) is 9.02. The molecule has 1 aliphatic carbocycles. The molecule has 1 amide bonds. The van der Waals surface area contributed by atoms with Gasteiger partial charge in [0.2, 0.25) is 5.91 Å². The first kappa shape index (κ1) is 18.7. The summed E-state index contributed by atoms with van der Waals surface area (Å²) in [6.45, 7) is 2.16. The maximum Gasteiger partial charge on any atom is 0.230 e. The lowest BCUT2D eigenvalue weighted by atomic mass is 9.86. The highest BCUT2D eigenvalue weighted by molar-refractivity contribution is 5.83. The zero-order chi connectivity index (χ0) is 18.4. The van der Waals surface area contributed by atoms with Gasteiger partial charge >= 0.3 is 0 Å². The highest BCUT2D eigenvalue weighted by Gasteiger charge is 2.30. The Morgan fingerprint density at radius 1 is 1.00 bits per heavy atom. The van der Waals surface area contributed by atoms with Gasteiger partial charge in [0.05, 0.1) is 5.92 Å². The van der Waals surface area contributed by atoms with Crippen LogP contribution in [0.25, 0.3) is 0 Å². The summed E-state index contributed by atoms with van der Waals surface area (Å²) in [5, 5.41) is 0. The van der Waals surface area contributed by atoms with E-state index in [2.05, 4.69) is 55.5 Å². The van der Waals surface area contributed by atoms with Crippen molar-refractivity contribution in [3.8, 4) is 0 Å². The smallest absolute Gasteiger partial charge is 0.230 e. The minimum absolute atomic E-state index is 0.0116. The number of carbonyl (C=O) groups excluding carboxylic acids is 1. The Labute approximate surface area is 158 Å². The van der Waals surface area contributed by atoms with Crippen LogP contribution in [0.15, 0.2) is 60.7 Å². The first-order valence-corrected chi connectivity index (χ1v) is 10.0. The molecule has 26 heavy (non-hydrogen) atoms. The first-order chi connectivity index (χ1) is 12.6. The minimum Gasteiger partial charge on any atom is -0.342 e. The van der Waals surface area contributed by atoms with Gasteiger partial charge in [0.15, 0.2) is 0 Å². The van der Waals surface area contributed by atoms with Gasteiger partial charge in [0.1, 0.15) is 0 Å². The topological polar surface area (TPSA) is 20.3 Å². The zero-order valence-corrected chi connectivity index (χ0v) is 16.1. The predicted molar refractivity (Wildman–Crippen MR) is 108 cm³/mol. The Hall–Kier alpha value is -2.09. The van der Waals surface area contributed by atoms with E-state index < -0.39 is 0 Å². The molecule has 0 heterocycles. The molecule has 0 radical (unpaired) electrons. The molecule has 2 heteroatoms. The maximum atomic E-state index is 13.4. The Morgan fingerprint density at radius 3 is 2.19 bits per heavy atom. The Balaban J connectivity index is 1.72. The van der Waals surface area contributed by atoms with Gasteiger partial charge in [0, 0.05) is 13.1 Å². The summed E-state index contributed by atoms with van der Waals surface area (Å²) in [7, 11) is 1.97. The molecule has 3 rings (SSSR count). The van der Waals surface area contributed by atoms with E-state index in [4.69, 9.17) is 0 Å². The van der Waals surface area contributed by atoms with E-state index in [1.807, 2.05) is 24.1 Å². The van der Waals surface area contributed by atoms with Gasteiger partial charge in [-0.1, -0.05) is 86.3 Å². The fourth-order valence-electron chi connectivity index (χ4n) is 4.20. The highest BCUT2D eigenvalue weighted by atomic mass is 16.2. The lowest BCUT2D eigenvalue weighted by Gasteiger charge is -2.30. The molecule has 0 spiro atoms. The Morgan fingerprint density at radius 2 is 1.58 bits per heavy atom. The van der Waals surface area contributed by atoms with E-state index in [1.54, 1.807) is 0 Å². The largest absolute Gasteiger partial charge is 0.342 e. The molecular formula is C24H31NO. The number of hydrogen-bond acceptors (Lipinski definition) is 1. The summed E-state index contributed by atoms with van der Waals surface area (Å²) in [6.07, 6.45) is 7.08. The van der Waals surface area contributed by atoms with Crippen molar-refractivity contribution in [1.82, 2.24) is 4.90 Å². The van der Waals surface area contributed by atoms with Crippen molar-refractivity contribution < 1.29 is 4.79 Å². The van der Waals surface area contributed by atoms with Gasteiger partial charge in [-0.2, -0.15) is 0 Å². The van der Waals surface area contributed by atoms with Gasteiger partial charge in [-0.15, -0.1) is 0 Å². The predicted octanol–water partition coefficient (Wildman–Crippen LogP) is 5.44. The number of benzene rings is 2. The van der Waals surface area contributed by atoms with Gasteiger partial charge in [0.25, 0.3) is 0 Å². The van der Waals surface area contributed by atoms with Crippen LogP contribution in [0.1, 0.15) is 56.1 Å². The number of likely N-dealkylation sites (N-methyl/N-ethyl adjacent to an activating group) is 1. The van der Waals surface area contributed by atoms with E-state index >= 15 is 0 Å². The van der Waals surface area contributed by atoms with E-state index in [0.29, 0.717) is 5.92 Å². The summed E-state index contributed by atoms with van der Waals surface area (Å²) in [4.78, 5) is 15.4. The van der Waals surface area contributed by atoms with Crippen molar-refractivity contribution in [2.24, 2.45) is 5.92 Å². The Bertz CT molecular complexity index is 676. The van der Waals surface area contributed by atoms with Crippen molar-refractivity contribution in [2.75, 3.05) is 7.05 Å². The minimum atomic E-state index is -0.0116. The van der Waals surface area contributed by atoms with E-state index in [-0.39, 0.29) is 17.9 Å². The summed E-state index contributed by atoms with van der Waals surface area (Å²) >= 11 is 0. The normalized spacial score (nSPS) is 17.0. The van der Waals surface area contributed by atoms with Crippen LogP contribution in [-0.4, -0.2) is 23.9 Å². The first-order valence-electron chi connectivity index (χ1n) is 10.0. The number of amides is 1. The molecule has 1 unspecified atom stereocenters. The van der Waals surface area contributed by atoms with Crippen LogP contribution in [0.2, 0.25) is 0 Å². The molecule has 2 atom stereocenters. The van der Waals surface area contributed by atoms with Crippen LogP contribution in [0.3, 0.4) is 0 Å². The third-order valence-electron chi connectivity index (χ3n) is 5.93. The molecule has 2 nitrogen and oxygen atoms in total. The average Bonchev–Trinajstić information content (AvgIpc) is 3.20. The van der Waals surface area contributed by atoms with Gasteiger partial charge in [-0.3, -0.25) is 4.79 Å². The number of hydrogen-bond donors (Lipinski definition) is 0.